The summed E-state index contributed by atoms with van der Waals surface area (Å²) in [4.78, 5) is 16.6. The fraction of sp³-hybridized carbons (Fsp3) is 0.250. The molecule has 10 heteroatoms. The zero-order valence-corrected chi connectivity index (χ0v) is 14.4. The first-order valence-corrected chi connectivity index (χ1v) is 8.69. The number of halogens is 3. The highest BCUT2D eigenvalue weighted by atomic mass is 32.1. The molecule has 0 aliphatic heterocycles. The van der Waals surface area contributed by atoms with E-state index in [2.05, 4.69) is 19.9 Å². The van der Waals surface area contributed by atoms with E-state index in [1.54, 1.807) is 17.6 Å². The molecule has 6 nitrogen and oxygen atoms in total. The molecule has 0 fully saturated rings. The van der Waals surface area contributed by atoms with Crippen LogP contribution >= 0.6 is 11.3 Å². The van der Waals surface area contributed by atoms with Gasteiger partial charge in [0.15, 0.2) is 22.2 Å². The molecule has 0 N–H and O–H groups in total. The first-order chi connectivity index (χ1) is 12.5. The average Bonchev–Trinajstić information content (AvgIpc) is 3.32. The quantitative estimate of drug-likeness (QED) is 0.541. The van der Waals surface area contributed by atoms with Gasteiger partial charge in [-0.05, 0) is 19.1 Å². The number of aryl methyl sites for hydroxylation is 1. The van der Waals surface area contributed by atoms with Crippen LogP contribution in [-0.2, 0) is 19.3 Å². The number of thiazole rings is 1. The van der Waals surface area contributed by atoms with Crippen LogP contribution in [0.15, 0.2) is 36.1 Å². The van der Waals surface area contributed by atoms with Gasteiger partial charge in [0.25, 0.3) is 0 Å². The van der Waals surface area contributed by atoms with E-state index in [0.717, 1.165) is 11.7 Å². The number of imidazole rings is 2. The summed E-state index contributed by atoms with van der Waals surface area (Å²) in [5, 5.41) is 2.13. The predicted molar refractivity (Wildman–Crippen MR) is 90.6 cm³/mol. The molecule has 26 heavy (non-hydrogen) atoms. The Labute approximate surface area is 150 Å². The first kappa shape index (κ1) is 16.7. The van der Waals surface area contributed by atoms with E-state index in [0.29, 0.717) is 23.0 Å². The molecular weight excluding hydrogens is 365 g/mol. The van der Waals surface area contributed by atoms with Gasteiger partial charge in [-0.15, -0.1) is 11.3 Å². The lowest BCUT2D eigenvalue weighted by atomic mass is 10.4. The smallest absolute Gasteiger partial charge is 0.325 e. The minimum Gasteiger partial charge on any atom is -0.325 e. The molecule has 0 amide bonds. The molecule has 0 radical (unpaired) electrons. The van der Waals surface area contributed by atoms with Crippen LogP contribution < -0.4 is 0 Å². The third-order valence-corrected chi connectivity index (χ3v) is 4.69. The molecule has 4 aromatic heterocycles. The van der Waals surface area contributed by atoms with Crippen LogP contribution in [-0.4, -0.2) is 29.1 Å². The Hall–Kier alpha value is -2.75. The maximum absolute atomic E-state index is 13.2. The van der Waals surface area contributed by atoms with Crippen LogP contribution in [0.1, 0.15) is 18.4 Å². The van der Waals surface area contributed by atoms with Crippen molar-refractivity contribution in [3.8, 4) is 10.8 Å². The topological polar surface area (TPSA) is 61.4 Å². The van der Waals surface area contributed by atoms with Gasteiger partial charge in [-0.25, -0.2) is 19.9 Å². The van der Waals surface area contributed by atoms with Crippen LogP contribution in [0, 0.1) is 0 Å². The summed E-state index contributed by atoms with van der Waals surface area (Å²) in [6, 6.07) is 3.69. The third kappa shape index (κ3) is 2.85. The number of hydrogen-bond acceptors (Lipinski definition) is 5. The minimum absolute atomic E-state index is 0.141. The molecule has 0 aliphatic rings. The van der Waals surface area contributed by atoms with Gasteiger partial charge in [-0.3, -0.25) is 0 Å². The number of aromatic nitrogens is 6. The number of pyridine rings is 1. The highest BCUT2D eigenvalue weighted by molar-refractivity contribution is 7.13. The summed E-state index contributed by atoms with van der Waals surface area (Å²) in [7, 11) is 0. The average molecular weight is 378 g/mol. The number of fused-ring (bicyclic) bond motifs is 1. The molecule has 0 saturated carbocycles. The lowest BCUT2D eigenvalue weighted by Gasteiger charge is -2.08. The molecule has 0 atom stereocenters. The van der Waals surface area contributed by atoms with Crippen molar-refractivity contribution in [2.45, 2.75) is 26.2 Å². The Balaban J connectivity index is 1.82. The van der Waals surface area contributed by atoms with Crippen molar-refractivity contribution in [2.75, 3.05) is 0 Å². The Kier molecular flexibility index (Phi) is 3.98. The van der Waals surface area contributed by atoms with Gasteiger partial charge < -0.3 is 9.13 Å². The molecule has 4 aromatic rings. The Morgan fingerprint density at radius 1 is 1.15 bits per heavy atom. The van der Waals surface area contributed by atoms with Gasteiger partial charge >= 0.3 is 6.18 Å². The first-order valence-electron chi connectivity index (χ1n) is 7.81. The highest BCUT2D eigenvalue weighted by Crippen LogP contribution is 2.32. The van der Waals surface area contributed by atoms with Crippen molar-refractivity contribution in [2.24, 2.45) is 0 Å². The van der Waals surface area contributed by atoms with Gasteiger partial charge in [-0.2, -0.15) is 13.2 Å². The summed E-state index contributed by atoms with van der Waals surface area (Å²) in [6.07, 6.45) is -0.343. The highest BCUT2D eigenvalue weighted by Gasteiger charge is 2.35. The van der Waals surface area contributed by atoms with Crippen molar-refractivity contribution < 1.29 is 13.2 Å². The van der Waals surface area contributed by atoms with E-state index in [1.165, 1.54) is 22.1 Å². The largest absolute Gasteiger partial charge is 0.434 e. The lowest BCUT2D eigenvalue weighted by molar-refractivity contribution is -0.140. The molecule has 134 valence electrons. The van der Waals surface area contributed by atoms with Crippen LogP contribution in [0.4, 0.5) is 13.2 Å². The van der Waals surface area contributed by atoms with Crippen molar-refractivity contribution in [3.63, 3.8) is 0 Å². The van der Waals surface area contributed by atoms with E-state index in [-0.39, 0.29) is 12.4 Å². The zero-order chi connectivity index (χ0) is 18.3. The fourth-order valence-electron chi connectivity index (χ4n) is 2.81. The predicted octanol–water partition coefficient (Wildman–Crippen LogP) is 3.84. The lowest BCUT2D eigenvalue weighted by Crippen LogP contribution is -2.09. The SMILES string of the molecule is CCn1c(Cn2cc(C(F)(F)F)nc2-c2nccs2)nc2ncccc21. The summed E-state index contributed by atoms with van der Waals surface area (Å²) in [5.74, 6) is 0.792. The minimum atomic E-state index is -4.52. The second kappa shape index (κ2) is 6.20. The third-order valence-electron chi connectivity index (χ3n) is 3.92. The van der Waals surface area contributed by atoms with Crippen LogP contribution in [0.5, 0.6) is 0 Å². The van der Waals surface area contributed by atoms with Crippen LogP contribution in [0.25, 0.3) is 22.0 Å². The Bertz CT molecular complexity index is 1050. The number of hydrogen-bond donors (Lipinski definition) is 0. The van der Waals surface area contributed by atoms with Crippen molar-refractivity contribution >= 4 is 22.5 Å². The van der Waals surface area contributed by atoms with Gasteiger partial charge in [0, 0.05) is 30.5 Å². The van der Waals surface area contributed by atoms with E-state index < -0.39 is 11.9 Å². The van der Waals surface area contributed by atoms with E-state index in [4.69, 9.17) is 0 Å². The summed E-state index contributed by atoms with van der Waals surface area (Å²) in [6.45, 7) is 2.72. The molecule has 0 spiro atoms. The second-order valence-corrected chi connectivity index (χ2v) is 6.43. The standard InChI is InChI=1S/C16H13F3N6S/c1-2-25-10-4-3-5-20-13(10)23-12(25)9-24-8-11(16(17,18)19)22-14(24)15-21-6-7-26-15/h3-8H,2,9H2,1H3. The maximum Gasteiger partial charge on any atom is 0.434 e. The van der Waals surface area contributed by atoms with E-state index in [1.807, 2.05) is 17.6 Å². The molecule has 4 heterocycles. The molecule has 0 aliphatic carbocycles. The van der Waals surface area contributed by atoms with E-state index in [9.17, 15) is 13.2 Å². The summed E-state index contributed by atoms with van der Waals surface area (Å²) in [5.41, 5.74) is 0.466. The number of nitrogens with zero attached hydrogens (tertiary/aromatic N) is 6. The van der Waals surface area contributed by atoms with Crippen molar-refractivity contribution in [1.29, 1.82) is 0 Å². The molecule has 0 bridgehead atoms. The molecule has 4 rings (SSSR count). The van der Waals surface area contributed by atoms with Gasteiger partial charge in [0.1, 0.15) is 5.82 Å². The number of rotatable bonds is 4. The van der Waals surface area contributed by atoms with Crippen molar-refractivity contribution in [3.05, 3.63) is 47.6 Å². The summed E-state index contributed by atoms with van der Waals surface area (Å²) < 4.78 is 42.8. The normalized spacial score (nSPS) is 12.2. The fourth-order valence-corrected chi connectivity index (χ4v) is 3.45. The Morgan fingerprint density at radius 2 is 2.00 bits per heavy atom. The van der Waals surface area contributed by atoms with Crippen LogP contribution in [0.3, 0.4) is 0 Å². The van der Waals surface area contributed by atoms with E-state index >= 15 is 0 Å². The second-order valence-electron chi connectivity index (χ2n) is 5.53. The van der Waals surface area contributed by atoms with Gasteiger partial charge in [-0.1, -0.05) is 0 Å². The van der Waals surface area contributed by atoms with Crippen molar-refractivity contribution in [1.82, 2.24) is 29.1 Å². The zero-order valence-electron chi connectivity index (χ0n) is 13.6. The molecular formula is C16H13F3N6S. The molecule has 0 saturated heterocycles. The number of alkyl halides is 3. The Morgan fingerprint density at radius 3 is 2.69 bits per heavy atom. The monoisotopic (exact) mass is 378 g/mol. The maximum atomic E-state index is 13.2. The van der Waals surface area contributed by atoms with Gasteiger partial charge in [0.05, 0.1) is 12.1 Å². The van der Waals surface area contributed by atoms with Gasteiger partial charge in [0.2, 0.25) is 0 Å². The molecule has 0 unspecified atom stereocenters. The summed E-state index contributed by atoms with van der Waals surface area (Å²) >= 11 is 1.24. The van der Waals surface area contributed by atoms with Crippen LogP contribution in [0.2, 0.25) is 0 Å². The molecule has 0 aromatic carbocycles.